The number of rotatable bonds is 5. The largest absolute Gasteiger partial charge is 0.411 e. The van der Waals surface area contributed by atoms with Crippen LogP contribution in [0.15, 0.2) is 35.7 Å². The van der Waals surface area contributed by atoms with E-state index < -0.39 is 32.1 Å². The Morgan fingerprint density at radius 3 is 2.09 bits per heavy atom. The van der Waals surface area contributed by atoms with Crippen LogP contribution in [0.3, 0.4) is 0 Å². The third-order valence-electron chi connectivity index (χ3n) is 7.81. The van der Waals surface area contributed by atoms with Crippen molar-refractivity contribution in [2.75, 3.05) is 0 Å². The molecule has 0 bridgehead atoms. The smallest absolute Gasteiger partial charge is 0.270 e. The Hall–Kier alpha value is -2.45. The quantitative estimate of drug-likeness (QED) is 0.503. The molecule has 0 saturated heterocycles. The predicted molar refractivity (Wildman–Crippen MR) is 129 cm³/mol. The van der Waals surface area contributed by atoms with Gasteiger partial charge in [-0.05, 0) is 49.0 Å². The molecule has 8 heteroatoms. The topological polar surface area (TPSA) is 102 Å². The summed E-state index contributed by atoms with van der Waals surface area (Å²) in [5.41, 5.74) is 7.33. The van der Waals surface area contributed by atoms with Crippen molar-refractivity contribution >= 4 is 26.0 Å². The van der Waals surface area contributed by atoms with Crippen LogP contribution in [0.25, 0.3) is 0 Å². The number of imide groups is 1. The van der Waals surface area contributed by atoms with Gasteiger partial charge in [-0.1, -0.05) is 52.2 Å². The first kappa shape index (κ1) is 23.7. The Balaban J connectivity index is 1.71. The summed E-state index contributed by atoms with van der Waals surface area (Å²) in [4.78, 5) is 40.1. The van der Waals surface area contributed by atoms with Crippen LogP contribution in [0.1, 0.15) is 73.6 Å². The molecule has 3 aliphatic rings. The van der Waals surface area contributed by atoms with Crippen LogP contribution in [0.2, 0.25) is 18.1 Å². The van der Waals surface area contributed by atoms with E-state index in [4.69, 9.17) is 10.2 Å². The zero-order chi connectivity index (χ0) is 24.1. The maximum absolute atomic E-state index is 13.1. The Labute approximate surface area is 196 Å². The highest BCUT2D eigenvalue weighted by atomic mass is 28.4. The van der Waals surface area contributed by atoms with Gasteiger partial charge >= 0.3 is 0 Å². The normalized spacial score (nSPS) is 23.2. The first-order valence-electron chi connectivity index (χ1n) is 11.9. The lowest BCUT2D eigenvalue weighted by atomic mass is 9.82. The fourth-order valence-electron chi connectivity index (χ4n) is 4.86. The van der Waals surface area contributed by atoms with E-state index in [-0.39, 0.29) is 28.5 Å². The van der Waals surface area contributed by atoms with Gasteiger partial charge in [-0.2, -0.15) is 0 Å². The molecule has 2 aliphatic heterocycles. The minimum absolute atomic E-state index is 0.00757. The number of carbonyl (C=O) groups excluding carboxylic acids is 3. The number of nitrogens with zero attached hydrogens (tertiary/aromatic N) is 1. The summed E-state index contributed by atoms with van der Waals surface area (Å²) < 4.78 is 6.89. The molecule has 33 heavy (non-hydrogen) atoms. The number of nitrogens with one attached hydrogen (secondary N) is 1. The van der Waals surface area contributed by atoms with Gasteiger partial charge in [-0.15, -0.1) is 0 Å². The van der Waals surface area contributed by atoms with Gasteiger partial charge in [0.05, 0.1) is 29.0 Å². The molecule has 2 atom stereocenters. The highest BCUT2D eigenvalue weighted by molar-refractivity contribution is 6.74. The predicted octanol–water partition coefficient (Wildman–Crippen LogP) is 3.92. The van der Waals surface area contributed by atoms with Gasteiger partial charge in [0.25, 0.3) is 17.7 Å². The zero-order valence-electron chi connectivity index (χ0n) is 20.2. The summed E-state index contributed by atoms with van der Waals surface area (Å²) in [5, 5.41) is 2.98. The van der Waals surface area contributed by atoms with Crippen molar-refractivity contribution < 1.29 is 18.8 Å². The van der Waals surface area contributed by atoms with Gasteiger partial charge in [-0.25, -0.2) is 4.90 Å². The van der Waals surface area contributed by atoms with Crippen molar-refractivity contribution in [1.29, 1.82) is 0 Å². The van der Waals surface area contributed by atoms with Crippen LogP contribution in [0, 0.1) is 5.92 Å². The fraction of sp³-hybridized carbons (Fsp3) is 0.560. The van der Waals surface area contributed by atoms with Gasteiger partial charge < -0.3 is 15.5 Å². The molecule has 7 nitrogen and oxygen atoms in total. The van der Waals surface area contributed by atoms with Gasteiger partial charge in [-0.3, -0.25) is 14.4 Å². The first-order chi connectivity index (χ1) is 15.4. The Kier molecular flexibility index (Phi) is 6.03. The Morgan fingerprint density at radius 2 is 1.58 bits per heavy atom. The maximum atomic E-state index is 13.1. The lowest BCUT2D eigenvalue weighted by Gasteiger charge is -2.44. The summed E-state index contributed by atoms with van der Waals surface area (Å²) in [6, 6.07) is 6.04. The van der Waals surface area contributed by atoms with Gasteiger partial charge in [0.2, 0.25) is 0 Å². The highest BCUT2D eigenvalue weighted by Crippen LogP contribution is 2.42. The molecule has 0 radical (unpaired) electrons. The molecule has 4 rings (SSSR count). The number of carbonyl (C=O) groups is 3. The average molecular weight is 470 g/mol. The summed E-state index contributed by atoms with van der Waals surface area (Å²) in [6.45, 7) is 11.0. The summed E-state index contributed by atoms with van der Waals surface area (Å²) in [5.74, 6) is -1.25. The molecule has 2 heterocycles. The second-order valence-corrected chi connectivity index (χ2v) is 15.7. The van der Waals surface area contributed by atoms with E-state index in [0.29, 0.717) is 11.1 Å². The number of fused-ring (bicyclic) bond motifs is 1. The standard InChI is InChI=1S/C25H35N3O4Si/c1-25(2,3)33(4,5)32-21(15-11-7-6-8-12-15)19-18(26)20(22(29)27-19)28-23(30)16-13-9-10-14-17(16)24(28)31/h9-10,13-15,19,21H,6-8,11-12,26H2,1-5H3,(H,27,29)/t19-,21-/m0/s1. The monoisotopic (exact) mass is 469 g/mol. The summed E-state index contributed by atoms with van der Waals surface area (Å²) in [7, 11) is -2.18. The van der Waals surface area contributed by atoms with Crippen LogP contribution >= 0.6 is 0 Å². The van der Waals surface area contributed by atoms with Crippen LogP contribution in [0.4, 0.5) is 0 Å². The summed E-state index contributed by atoms with van der Waals surface area (Å²) >= 11 is 0. The minimum atomic E-state index is -2.18. The molecule has 178 valence electrons. The molecule has 1 saturated carbocycles. The number of amides is 3. The third kappa shape index (κ3) is 4.03. The number of benzene rings is 1. The van der Waals surface area contributed by atoms with Crippen molar-refractivity contribution in [3.63, 3.8) is 0 Å². The van der Waals surface area contributed by atoms with Crippen molar-refractivity contribution in [2.45, 2.75) is 83.2 Å². The van der Waals surface area contributed by atoms with Crippen molar-refractivity contribution in [3.8, 4) is 0 Å². The minimum Gasteiger partial charge on any atom is -0.411 e. The van der Waals surface area contributed by atoms with Gasteiger partial charge in [0, 0.05) is 0 Å². The second kappa shape index (κ2) is 8.40. The Bertz CT molecular complexity index is 986. The van der Waals surface area contributed by atoms with Gasteiger partial charge in [0.15, 0.2) is 8.32 Å². The molecule has 1 aromatic carbocycles. The van der Waals surface area contributed by atoms with Crippen LogP contribution in [0.5, 0.6) is 0 Å². The second-order valence-electron chi connectivity index (χ2n) is 11.0. The number of hydrogen-bond acceptors (Lipinski definition) is 5. The van der Waals surface area contributed by atoms with E-state index in [1.165, 1.54) is 6.42 Å². The SMILES string of the molecule is CC(C)(C)[Si](C)(C)O[C@@H](C1CCCCC1)[C@H]1NC(=O)C(N2C(=O)c3ccccc3C2=O)=C1N. The molecule has 0 aromatic heterocycles. The first-order valence-corrected chi connectivity index (χ1v) is 14.8. The van der Waals surface area contributed by atoms with E-state index in [1.54, 1.807) is 24.3 Å². The number of hydrogen-bond donors (Lipinski definition) is 2. The van der Waals surface area contributed by atoms with Crippen LogP contribution in [-0.2, 0) is 9.22 Å². The summed E-state index contributed by atoms with van der Waals surface area (Å²) in [6.07, 6.45) is 5.19. The molecular weight excluding hydrogens is 434 g/mol. The Morgan fingerprint density at radius 1 is 1.03 bits per heavy atom. The van der Waals surface area contributed by atoms with E-state index in [2.05, 4.69) is 39.2 Å². The molecular formula is C25H35N3O4Si. The van der Waals surface area contributed by atoms with E-state index >= 15 is 0 Å². The third-order valence-corrected chi connectivity index (χ3v) is 12.3. The average Bonchev–Trinajstić information content (AvgIpc) is 3.18. The zero-order valence-corrected chi connectivity index (χ0v) is 21.2. The maximum Gasteiger partial charge on any atom is 0.270 e. The molecule has 1 aromatic rings. The van der Waals surface area contributed by atoms with E-state index in [9.17, 15) is 14.4 Å². The van der Waals surface area contributed by atoms with Crippen LogP contribution < -0.4 is 11.1 Å². The van der Waals surface area contributed by atoms with E-state index in [1.807, 2.05) is 0 Å². The van der Waals surface area contributed by atoms with Crippen molar-refractivity contribution in [1.82, 2.24) is 10.2 Å². The van der Waals surface area contributed by atoms with E-state index in [0.717, 1.165) is 30.6 Å². The highest BCUT2D eigenvalue weighted by Gasteiger charge is 2.50. The number of nitrogens with two attached hydrogens (primary N) is 1. The molecule has 0 spiro atoms. The molecule has 1 fully saturated rings. The molecule has 3 amide bonds. The molecule has 0 unspecified atom stereocenters. The molecule has 1 aliphatic carbocycles. The fourth-order valence-corrected chi connectivity index (χ4v) is 6.23. The lowest BCUT2D eigenvalue weighted by Crippen LogP contribution is -2.54. The van der Waals surface area contributed by atoms with Gasteiger partial charge in [0.1, 0.15) is 5.70 Å². The van der Waals surface area contributed by atoms with Crippen LogP contribution in [-0.4, -0.2) is 43.1 Å². The molecule has 3 N–H and O–H groups in total. The lowest BCUT2D eigenvalue weighted by molar-refractivity contribution is -0.118. The van der Waals surface area contributed by atoms with Crippen molar-refractivity contribution in [3.05, 3.63) is 46.8 Å². The van der Waals surface area contributed by atoms with Crippen molar-refractivity contribution in [2.24, 2.45) is 11.7 Å².